The number of rotatable bonds is 6. The normalized spacial score (nSPS) is 32.6. The molecule has 0 radical (unpaired) electrons. The van der Waals surface area contributed by atoms with Crippen LogP contribution in [-0.2, 0) is 0 Å². The third-order valence-electron chi connectivity index (χ3n) is 6.55. The minimum absolute atomic E-state index is 0.974. The van der Waals surface area contributed by atoms with E-state index in [-0.39, 0.29) is 0 Å². The largest absolute Gasteiger partial charge is 0.0654 e. The Labute approximate surface area is 134 Å². The summed E-state index contributed by atoms with van der Waals surface area (Å²) in [5.41, 5.74) is 0. The van der Waals surface area contributed by atoms with E-state index in [1.54, 1.807) is 32.1 Å². The molecule has 124 valence electrons. The number of hydrogen-bond donors (Lipinski definition) is 0. The van der Waals surface area contributed by atoms with Gasteiger partial charge < -0.3 is 0 Å². The van der Waals surface area contributed by atoms with E-state index in [1.165, 1.54) is 64.2 Å². The third kappa shape index (κ3) is 5.95. The summed E-state index contributed by atoms with van der Waals surface area (Å²) in [7, 11) is 0. The zero-order valence-corrected chi connectivity index (χ0v) is 14.9. The molecule has 4 unspecified atom stereocenters. The highest BCUT2D eigenvalue weighted by Crippen LogP contribution is 2.44. The molecule has 0 aliphatic heterocycles. The molecule has 0 heteroatoms. The average Bonchev–Trinajstić information content (AvgIpc) is 2.62. The molecule has 2 rings (SSSR count). The molecular formula is C21H40. The number of unbranched alkanes of at least 4 members (excludes halogenated alkanes) is 1. The highest BCUT2D eigenvalue weighted by Gasteiger charge is 2.32. The van der Waals surface area contributed by atoms with Gasteiger partial charge in [0.2, 0.25) is 0 Å². The summed E-state index contributed by atoms with van der Waals surface area (Å²) < 4.78 is 0. The first-order chi connectivity index (χ1) is 10.3. The van der Waals surface area contributed by atoms with Gasteiger partial charge in [0, 0.05) is 0 Å². The van der Waals surface area contributed by atoms with Gasteiger partial charge in [-0.15, -0.1) is 0 Å². The van der Waals surface area contributed by atoms with Crippen LogP contribution < -0.4 is 0 Å². The topological polar surface area (TPSA) is 0 Å². The van der Waals surface area contributed by atoms with Gasteiger partial charge in [-0.1, -0.05) is 97.3 Å². The van der Waals surface area contributed by atoms with Crippen LogP contribution >= 0.6 is 0 Å². The van der Waals surface area contributed by atoms with Crippen LogP contribution in [0.2, 0.25) is 0 Å². The third-order valence-corrected chi connectivity index (χ3v) is 6.55. The van der Waals surface area contributed by atoms with Crippen LogP contribution in [0.15, 0.2) is 0 Å². The van der Waals surface area contributed by atoms with Gasteiger partial charge in [-0.2, -0.15) is 0 Å². The van der Waals surface area contributed by atoms with Crippen molar-refractivity contribution in [3.63, 3.8) is 0 Å². The quantitative estimate of drug-likeness (QED) is 0.479. The highest BCUT2D eigenvalue weighted by atomic mass is 14.4. The zero-order chi connectivity index (χ0) is 14.9. The molecule has 0 aromatic carbocycles. The van der Waals surface area contributed by atoms with Crippen LogP contribution in [0.5, 0.6) is 0 Å². The van der Waals surface area contributed by atoms with Crippen LogP contribution in [0.25, 0.3) is 0 Å². The molecule has 0 spiro atoms. The maximum atomic E-state index is 2.50. The summed E-state index contributed by atoms with van der Waals surface area (Å²) in [5, 5.41) is 0. The summed E-state index contributed by atoms with van der Waals surface area (Å²) in [5.74, 6) is 4.27. The predicted octanol–water partition coefficient (Wildman–Crippen LogP) is 7.37. The van der Waals surface area contributed by atoms with E-state index >= 15 is 0 Å². The average molecular weight is 293 g/mol. The van der Waals surface area contributed by atoms with Crippen molar-refractivity contribution < 1.29 is 0 Å². The Bertz CT molecular complexity index is 257. The predicted molar refractivity (Wildman–Crippen MR) is 94.6 cm³/mol. The van der Waals surface area contributed by atoms with Crippen molar-refractivity contribution in [1.82, 2.24) is 0 Å². The van der Waals surface area contributed by atoms with Gasteiger partial charge in [0.25, 0.3) is 0 Å². The van der Waals surface area contributed by atoms with E-state index in [9.17, 15) is 0 Å². The molecule has 0 heterocycles. The van der Waals surface area contributed by atoms with Crippen LogP contribution in [0.4, 0.5) is 0 Å². The number of hydrogen-bond acceptors (Lipinski definition) is 0. The molecule has 0 amide bonds. The first-order valence-electron chi connectivity index (χ1n) is 10.3. The van der Waals surface area contributed by atoms with E-state index in [1.807, 2.05) is 0 Å². The Balaban J connectivity index is 1.82. The number of fused-ring (bicyclic) bond motifs is 1. The smallest absolute Gasteiger partial charge is 0.0357 e. The summed E-state index contributed by atoms with van der Waals surface area (Å²) in [6.45, 7) is 4.83. The van der Waals surface area contributed by atoms with Crippen LogP contribution in [-0.4, -0.2) is 0 Å². The molecule has 0 nitrogen and oxygen atoms in total. The van der Waals surface area contributed by atoms with Gasteiger partial charge in [0.05, 0.1) is 0 Å². The fraction of sp³-hybridized carbons (Fsp3) is 1.00. The fourth-order valence-corrected chi connectivity index (χ4v) is 5.16. The molecule has 21 heavy (non-hydrogen) atoms. The Hall–Kier alpha value is 0. The molecule has 0 saturated heterocycles. The lowest BCUT2D eigenvalue weighted by molar-refractivity contribution is 0.119. The molecule has 0 aromatic heterocycles. The zero-order valence-electron chi connectivity index (χ0n) is 14.9. The Morgan fingerprint density at radius 3 is 2.33 bits per heavy atom. The van der Waals surface area contributed by atoms with Crippen molar-refractivity contribution in [2.75, 3.05) is 0 Å². The standard InChI is InChI=1S/C21H40/c1-3-4-11-18(2)16-17-20-14-10-13-19-12-8-6-5-7-9-15-21(19)20/h18-21H,3-17H2,1-2H3. The van der Waals surface area contributed by atoms with Gasteiger partial charge in [0.15, 0.2) is 0 Å². The van der Waals surface area contributed by atoms with Crippen molar-refractivity contribution in [3.05, 3.63) is 0 Å². The van der Waals surface area contributed by atoms with Crippen molar-refractivity contribution >= 4 is 0 Å². The molecule has 2 aliphatic carbocycles. The molecule has 4 atom stereocenters. The first kappa shape index (κ1) is 17.4. The van der Waals surface area contributed by atoms with E-state index in [0.717, 1.165) is 23.7 Å². The monoisotopic (exact) mass is 292 g/mol. The molecular weight excluding hydrogens is 252 g/mol. The molecule has 0 aromatic rings. The van der Waals surface area contributed by atoms with Crippen LogP contribution in [0, 0.1) is 23.7 Å². The van der Waals surface area contributed by atoms with Crippen molar-refractivity contribution in [3.8, 4) is 0 Å². The Morgan fingerprint density at radius 2 is 1.52 bits per heavy atom. The summed E-state index contributed by atoms with van der Waals surface area (Å²) in [4.78, 5) is 0. The van der Waals surface area contributed by atoms with E-state index in [0.29, 0.717) is 0 Å². The highest BCUT2D eigenvalue weighted by molar-refractivity contribution is 4.83. The lowest BCUT2D eigenvalue weighted by atomic mass is 9.67. The Morgan fingerprint density at radius 1 is 0.810 bits per heavy atom. The van der Waals surface area contributed by atoms with Crippen molar-refractivity contribution in [1.29, 1.82) is 0 Å². The Kier molecular flexibility index (Phi) is 8.19. The van der Waals surface area contributed by atoms with Gasteiger partial charge >= 0.3 is 0 Å². The molecule has 2 aliphatic rings. The maximum absolute atomic E-state index is 2.50. The van der Waals surface area contributed by atoms with Crippen LogP contribution in [0.1, 0.15) is 110 Å². The van der Waals surface area contributed by atoms with Gasteiger partial charge in [-0.05, 0) is 36.5 Å². The lowest BCUT2D eigenvalue weighted by Crippen LogP contribution is -2.28. The first-order valence-corrected chi connectivity index (χ1v) is 10.3. The van der Waals surface area contributed by atoms with E-state index in [2.05, 4.69) is 13.8 Å². The molecule has 2 fully saturated rings. The van der Waals surface area contributed by atoms with Gasteiger partial charge in [0.1, 0.15) is 0 Å². The van der Waals surface area contributed by atoms with Crippen molar-refractivity contribution in [2.24, 2.45) is 23.7 Å². The second kappa shape index (κ2) is 9.90. The van der Waals surface area contributed by atoms with Gasteiger partial charge in [-0.3, -0.25) is 0 Å². The molecule has 0 N–H and O–H groups in total. The summed E-state index contributed by atoms with van der Waals surface area (Å²) >= 11 is 0. The lowest BCUT2D eigenvalue weighted by Gasteiger charge is -2.39. The molecule has 0 bridgehead atoms. The summed E-state index contributed by atoms with van der Waals surface area (Å²) in [6.07, 6.45) is 22.7. The second-order valence-corrected chi connectivity index (χ2v) is 8.28. The second-order valence-electron chi connectivity index (χ2n) is 8.28. The summed E-state index contributed by atoms with van der Waals surface area (Å²) in [6, 6.07) is 0. The minimum atomic E-state index is 0.974. The van der Waals surface area contributed by atoms with Gasteiger partial charge in [-0.25, -0.2) is 0 Å². The minimum Gasteiger partial charge on any atom is -0.0654 e. The maximum Gasteiger partial charge on any atom is -0.0357 e. The van der Waals surface area contributed by atoms with Crippen molar-refractivity contribution in [2.45, 2.75) is 110 Å². The fourth-order valence-electron chi connectivity index (χ4n) is 5.16. The van der Waals surface area contributed by atoms with Crippen LogP contribution in [0.3, 0.4) is 0 Å². The van der Waals surface area contributed by atoms with E-state index in [4.69, 9.17) is 0 Å². The van der Waals surface area contributed by atoms with E-state index < -0.39 is 0 Å². The molecule has 2 saturated carbocycles. The SMILES string of the molecule is CCCCC(C)CCC1CCCC2CCCCCCCC21.